The fourth-order valence-electron chi connectivity index (χ4n) is 3.11. The Balaban J connectivity index is 0.000000500. The van der Waals surface area contributed by atoms with E-state index in [-0.39, 0.29) is 0 Å². The van der Waals surface area contributed by atoms with Gasteiger partial charge in [-0.15, -0.1) is 0 Å². The molecule has 1 aromatic heterocycles. The first-order chi connectivity index (χ1) is 13.3. The number of aryl methyl sites for hydroxylation is 1. The summed E-state index contributed by atoms with van der Waals surface area (Å²) in [6, 6.07) is 10.2. The number of nitrogens with one attached hydrogen (secondary N) is 1. The molecule has 0 atom stereocenters. The molecule has 0 unspecified atom stereocenters. The Hall–Kier alpha value is -2.25. The van der Waals surface area contributed by atoms with Crippen LogP contribution in [0, 0.1) is 0 Å². The third-order valence-corrected chi connectivity index (χ3v) is 4.47. The lowest BCUT2D eigenvalue weighted by atomic mass is 9.96. The Labute approximate surface area is 162 Å². The average Bonchev–Trinajstić information content (AvgIpc) is 2.67. The fourth-order valence-corrected chi connectivity index (χ4v) is 3.11. The minimum absolute atomic E-state index is 0.869. The van der Waals surface area contributed by atoms with Crippen molar-refractivity contribution in [2.24, 2.45) is 0 Å². The molecular formula is C20H26BF4NO2. The van der Waals surface area contributed by atoms with E-state index in [2.05, 4.69) is 30.1 Å². The molecule has 2 aromatic rings. The number of unbranched alkanes of at least 4 members (excludes halogenated alkanes) is 1. The quantitative estimate of drug-likeness (QED) is 0.470. The first-order valence-electron chi connectivity index (χ1n) is 9.56. The summed E-state index contributed by atoms with van der Waals surface area (Å²) in [4.78, 5) is 3.62. The number of methoxy groups -OCH3 is 1. The van der Waals surface area contributed by atoms with Gasteiger partial charge >= 0.3 is 7.25 Å². The summed E-state index contributed by atoms with van der Waals surface area (Å²) in [6.07, 6.45) is 7.04. The highest BCUT2D eigenvalue weighted by Gasteiger charge is 2.20. The van der Waals surface area contributed by atoms with Crippen LogP contribution in [0.15, 0.2) is 34.7 Å². The largest absolute Gasteiger partial charge is 0.673 e. The maximum absolute atomic E-state index is 9.75. The maximum Gasteiger partial charge on any atom is 0.673 e. The van der Waals surface area contributed by atoms with Crippen molar-refractivity contribution in [1.29, 1.82) is 0 Å². The second kappa shape index (κ2) is 10.3. The van der Waals surface area contributed by atoms with Crippen molar-refractivity contribution in [3.63, 3.8) is 0 Å². The summed E-state index contributed by atoms with van der Waals surface area (Å²) in [6.45, 7) is 3.25. The molecule has 0 saturated heterocycles. The second-order valence-corrected chi connectivity index (χ2v) is 6.64. The number of hydrogen-bond donors (Lipinski definition) is 1. The summed E-state index contributed by atoms with van der Waals surface area (Å²) < 4.78 is 50.5. The standard InChI is InChI=1S/C20H25NO2.BF4/c1-3-4-13-21-18-14-20(15-9-11-16(22-2)12-10-15)23-19-8-6-5-7-17(18)19;2-1(3,4)5/h9-12,14H,3-8,13H2,1-2H3;/q;-1/p+1. The first-order valence-corrected chi connectivity index (χ1v) is 9.56. The average molecular weight is 399 g/mol. The summed E-state index contributed by atoms with van der Waals surface area (Å²) in [5.74, 6) is 2.96. The van der Waals surface area contributed by atoms with Gasteiger partial charge < -0.3 is 26.4 Å². The molecule has 0 spiro atoms. The SMILES string of the molecule is CCCC[NH+]=c1cc(-c2ccc(OC)cc2)oc2c1CCCC2.F[B-](F)(F)F. The smallest absolute Gasteiger partial charge is 0.497 e. The van der Waals surface area contributed by atoms with Crippen LogP contribution in [-0.2, 0) is 12.8 Å². The van der Waals surface area contributed by atoms with E-state index in [4.69, 9.17) is 9.15 Å². The van der Waals surface area contributed by atoms with Gasteiger partial charge in [-0.05, 0) is 43.5 Å². The zero-order valence-corrected chi connectivity index (χ0v) is 16.2. The molecule has 1 heterocycles. The lowest BCUT2D eigenvalue weighted by Crippen LogP contribution is -2.77. The van der Waals surface area contributed by atoms with E-state index in [1.165, 1.54) is 36.6 Å². The van der Waals surface area contributed by atoms with Crippen molar-refractivity contribution in [3.05, 3.63) is 47.0 Å². The van der Waals surface area contributed by atoms with Gasteiger partial charge in [0.15, 0.2) is 0 Å². The van der Waals surface area contributed by atoms with E-state index in [9.17, 15) is 17.3 Å². The Kier molecular flexibility index (Phi) is 8.14. The topological polar surface area (TPSA) is 36.3 Å². The summed E-state index contributed by atoms with van der Waals surface area (Å²) in [5.41, 5.74) is 2.47. The van der Waals surface area contributed by atoms with Gasteiger partial charge in [0.05, 0.1) is 18.7 Å². The number of hydrogen-bond acceptors (Lipinski definition) is 2. The van der Waals surface area contributed by atoms with Crippen LogP contribution >= 0.6 is 0 Å². The van der Waals surface area contributed by atoms with Crippen molar-refractivity contribution in [3.8, 4) is 17.1 Å². The fraction of sp³-hybridized carbons (Fsp3) is 0.450. The zero-order valence-electron chi connectivity index (χ0n) is 16.2. The van der Waals surface area contributed by atoms with E-state index in [0.717, 1.165) is 42.2 Å². The highest BCUT2D eigenvalue weighted by molar-refractivity contribution is 6.50. The van der Waals surface area contributed by atoms with E-state index in [1.54, 1.807) is 7.11 Å². The van der Waals surface area contributed by atoms with Crippen LogP contribution in [0.1, 0.15) is 43.9 Å². The van der Waals surface area contributed by atoms with Crippen molar-refractivity contribution < 1.29 is 31.4 Å². The predicted molar refractivity (Wildman–Crippen MR) is 101 cm³/mol. The van der Waals surface area contributed by atoms with Crippen molar-refractivity contribution >= 4 is 7.25 Å². The second-order valence-electron chi connectivity index (χ2n) is 6.64. The molecule has 154 valence electrons. The third-order valence-electron chi connectivity index (χ3n) is 4.47. The highest BCUT2D eigenvalue weighted by Crippen LogP contribution is 2.26. The maximum atomic E-state index is 9.75. The third kappa shape index (κ3) is 7.05. The molecule has 1 aromatic carbocycles. The highest BCUT2D eigenvalue weighted by atomic mass is 19.5. The van der Waals surface area contributed by atoms with Gasteiger partial charge in [-0.1, -0.05) is 13.3 Å². The number of fused-ring (bicyclic) bond motifs is 1. The van der Waals surface area contributed by atoms with Crippen LogP contribution < -0.4 is 15.1 Å². The van der Waals surface area contributed by atoms with Gasteiger partial charge in [-0.25, -0.2) is 4.99 Å². The van der Waals surface area contributed by atoms with Gasteiger partial charge in [0, 0.05) is 18.4 Å². The van der Waals surface area contributed by atoms with Crippen molar-refractivity contribution in [2.45, 2.75) is 45.4 Å². The van der Waals surface area contributed by atoms with Crippen molar-refractivity contribution in [1.82, 2.24) is 0 Å². The molecule has 8 heteroatoms. The minimum Gasteiger partial charge on any atom is -0.497 e. The van der Waals surface area contributed by atoms with Crippen LogP contribution in [0.3, 0.4) is 0 Å². The molecule has 1 aliphatic rings. The Bertz CT molecular complexity index is 810. The van der Waals surface area contributed by atoms with Gasteiger partial charge in [-0.2, -0.15) is 0 Å². The number of halogens is 4. The lowest BCUT2D eigenvalue weighted by Gasteiger charge is -2.14. The molecule has 3 nitrogen and oxygen atoms in total. The molecule has 0 bridgehead atoms. The monoisotopic (exact) mass is 399 g/mol. The van der Waals surface area contributed by atoms with Crippen molar-refractivity contribution in [2.75, 3.05) is 13.7 Å². The molecule has 0 radical (unpaired) electrons. The summed E-state index contributed by atoms with van der Waals surface area (Å²) in [5, 5.41) is 1.25. The molecule has 1 aliphatic carbocycles. The first kappa shape index (κ1) is 22.0. The van der Waals surface area contributed by atoms with E-state index in [1.807, 2.05) is 12.1 Å². The Morgan fingerprint density at radius 3 is 2.32 bits per heavy atom. The molecular weight excluding hydrogens is 373 g/mol. The Morgan fingerprint density at radius 2 is 1.71 bits per heavy atom. The number of rotatable bonds is 5. The Morgan fingerprint density at radius 1 is 1.07 bits per heavy atom. The van der Waals surface area contributed by atoms with Crippen LogP contribution in [0.2, 0.25) is 0 Å². The van der Waals surface area contributed by atoms with Crippen LogP contribution in [-0.4, -0.2) is 20.9 Å². The number of ether oxygens (including phenoxy) is 1. The number of benzene rings is 1. The minimum atomic E-state index is -6.00. The summed E-state index contributed by atoms with van der Waals surface area (Å²) >= 11 is 0. The van der Waals surface area contributed by atoms with Gasteiger partial charge in [0.2, 0.25) is 5.36 Å². The normalized spacial score (nSPS) is 14.1. The molecule has 0 aliphatic heterocycles. The van der Waals surface area contributed by atoms with Gasteiger partial charge in [0.25, 0.3) is 0 Å². The molecule has 0 fully saturated rings. The van der Waals surface area contributed by atoms with E-state index >= 15 is 0 Å². The predicted octanol–water partition coefficient (Wildman–Crippen LogP) is 3.92. The molecule has 0 saturated carbocycles. The zero-order chi connectivity index (χ0) is 20.6. The summed E-state index contributed by atoms with van der Waals surface area (Å²) in [7, 11) is -4.31. The van der Waals surface area contributed by atoms with Gasteiger partial charge in [0.1, 0.15) is 23.8 Å². The van der Waals surface area contributed by atoms with E-state index in [0.29, 0.717) is 0 Å². The van der Waals surface area contributed by atoms with E-state index < -0.39 is 7.25 Å². The molecule has 1 N–H and O–H groups in total. The van der Waals surface area contributed by atoms with Gasteiger partial charge in [-0.3, -0.25) is 0 Å². The van der Waals surface area contributed by atoms with Crippen LogP contribution in [0.25, 0.3) is 11.3 Å². The molecule has 0 amide bonds. The molecule has 28 heavy (non-hydrogen) atoms. The van der Waals surface area contributed by atoms with Crippen LogP contribution in [0.4, 0.5) is 17.3 Å². The van der Waals surface area contributed by atoms with Crippen LogP contribution in [0.5, 0.6) is 5.75 Å². The molecule has 3 rings (SSSR count). The lowest BCUT2D eigenvalue weighted by molar-refractivity contribution is -0.501.